The zero-order chi connectivity index (χ0) is 13.0. The first-order valence-corrected chi connectivity index (χ1v) is 7.49. The van der Waals surface area contributed by atoms with E-state index < -0.39 is 0 Å². The van der Waals surface area contributed by atoms with Gasteiger partial charge in [0.15, 0.2) is 5.16 Å². The van der Waals surface area contributed by atoms with E-state index in [1.54, 1.807) is 0 Å². The molecular weight excluding hydrogens is 248 g/mol. The molecule has 1 aromatic rings. The summed E-state index contributed by atoms with van der Waals surface area (Å²) in [5, 5.41) is 12.2. The molecule has 0 radical (unpaired) electrons. The molecule has 0 aromatic carbocycles. The van der Waals surface area contributed by atoms with Gasteiger partial charge in [0.1, 0.15) is 5.82 Å². The first-order chi connectivity index (χ1) is 8.66. The van der Waals surface area contributed by atoms with E-state index in [1.807, 2.05) is 13.8 Å². The van der Waals surface area contributed by atoms with Crippen LogP contribution < -0.4 is 5.32 Å². The molecule has 0 saturated heterocycles. The van der Waals surface area contributed by atoms with Crippen molar-refractivity contribution in [1.29, 1.82) is 0 Å². The Morgan fingerprint density at radius 2 is 2.22 bits per heavy atom. The number of aryl methyl sites for hydroxylation is 1. The van der Waals surface area contributed by atoms with Crippen molar-refractivity contribution in [2.24, 2.45) is 0 Å². The van der Waals surface area contributed by atoms with Crippen molar-refractivity contribution in [2.75, 3.05) is 5.75 Å². The number of nitrogens with zero attached hydrogens (tertiary/aromatic N) is 3. The van der Waals surface area contributed by atoms with Gasteiger partial charge in [-0.2, -0.15) is 0 Å². The van der Waals surface area contributed by atoms with Crippen molar-refractivity contribution in [2.45, 2.75) is 57.3 Å². The van der Waals surface area contributed by atoms with Gasteiger partial charge in [0, 0.05) is 19.0 Å². The molecule has 1 aromatic heterocycles. The lowest BCUT2D eigenvalue weighted by molar-refractivity contribution is -0.119. The van der Waals surface area contributed by atoms with Crippen molar-refractivity contribution in [1.82, 2.24) is 20.1 Å². The van der Waals surface area contributed by atoms with Crippen LogP contribution in [0.3, 0.4) is 0 Å². The second-order valence-corrected chi connectivity index (χ2v) is 5.81. The lowest BCUT2D eigenvalue weighted by atomic mass is 10.2. The molecule has 1 N–H and O–H groups in total. The summed E-state index contributed by atoms with van der Waals surface area (Å²) in [4.78, 5) is 11.6. The van der Waals surface area contributed by atoms with E-state index in [2.05, 4.69) is 20.1 Å². The third-order valence-electron chi connectivity index (χ3n) is 2.86. The molecule has 1 aliphatic heterocycles. The van der Waals surface area contributed by atoms with Gasteiger partial charge in [0.05, 0.1) is 5.75 Å². The number of aromatic nitrogens is 3. The Hall–Kier alpha value is -1.04. The summed E-state index contributed by atoms with van der Waals surface area (Å²) in [5.74, 6) is 1.54. The number of amides is 1. The Bertz CT molecular complexity index is 416. The normalized spacial score (nSPS) is 15.3. The molecule has 0 bridgehead atoms. The highest BCUT2D eigenvalue weighted by atomic mass is 32.2. The average Bonchev–Trinajstić information content (AvgIpc) is 2.54. The van der Waals surface area contributed by atoms with E-state index >= 15 is 0 Å². The second kappa shape index (κ2) is 6.22. The highest BCUT2D eigenvalue weighted by Gasteiger charge is 2.16. The summed E-state index contributed by atoms with van der Waals surface area (Å²) < 4.78 is 2.17. The van der Waals surface area contributed by atoms with Crippen LogP contribution >= 0.6 is 11.8 Å². The summed E-state index contributed by atoms with van der Waals surface area (Å²) >= 11 is 1.48. The van der Waals surface area contributed by atoms with Gasteiger partial charge in [-0.3, -0.25) is 4.79 Å². The van der Waals surface area contributed by atoms with E-state index in [1.165, 1.54) is 31.0 Å². The van der Waals surface area contributed by atoms with E-state index in [4.69, 9.17) is 0 Å². The van der Waals surface area contributed by atoms with Crippen LogP contribution in [-0.4, -0.2) is 32.5 Å². The minimum Gasteiger partial charge on any atom is -0.353 e. The number of carbonyl (C=O) groups is 1. The van der Waals surface area contributed by atoms with Crippen LogP contribution in [0.5, 0.6) is 0 Å². The molecular formula is C12H20N4OS. The van der Waals surface area contributed by atoms with Gasteiger partial charge in [-0.05, 0) is 26.7 Å². The molecule has 2 rings (SSSR count). The number of carbonyl (C=O) groups excluding carboxylic acids is 1. The lowest BCUT2D eigenvalue weighted by Gasteiger charge is -2.08. The fourth-order valence-electron chi connectivity index (χ4n) is 2.06. The van der Waals surface area contributed by atoms with Gasteiger partial charge in [0.25, 0.3) is 0 Å². The highest BCUT2D eigenvalue weighted by molar-refractivity contribution is 7.99. The predicted octanol–water partition coefficient (Wildman–Crippen LogP) is 1.62. The minimum absolute atomic E-state index is 0.0565. The zero-order valence-corrected chi connectivity index (χ0v) is 11.8. The third-order valence-corrected chi connectivity index (χ3v) is 3.82. The van der Waals surface area contributed by atoms with Crippen LogP contribution in [-0.2, 0) is 17.8 Å². The monoisotopic (exact) mass is 268 g/mol. The number of hydrogen-bond donors (Lipinski definition) is 1. The molecule has 0 atom stereocenters. The molecule has 0 fully saturated rings. The summed E-state index contributed by atoms with van der Waals surface area (Å²) in [6.07, 6.45) is 4.63. The molecule has 6 heteroatoms. The fraction of sp³-hybridized carbons (Fsp3) is 0.750. The second-order valence-electron chi connectivity index (χ2n) is 4.87. The van der Waals surface area contributed by atoms with Crippen LogP contribution in [0.4, 0.5) is 0 Å². The van der Waals surface area contributed by atoms with Crippen LogP contribution in [0.1, 0.15) is 38.9 Å². The average molecular weight is 268 g/mol. The van der Waals surface area contributed by atoms with E-state index in [0.29, 0.717) is 5.75 Å². The van der Waals surface area contributed by atoms with Crippen molar-refractivity contribution in [3.8, 4) is 0 Å². The maximum atomic E-state index is 11.6. The Morgan fingerprint density at radius 1 is 1.39 bits per heavy atom. The number of rotatable bonds is 4. The molecule has 5 nitrogen and oxygen atoms in total. The Kier molecular flexibility index (Phi) is 4.63. The number of nitrogens with one attached hydrogen (secondary N) is 1. The summed E-state index contributed by atoms with van der Waals surface area (Å²) in [6, 6.07) is 0.189. The van der Waals surface area contributed by atoms with Gasteiger partial charge < -0.3 is 9.88 Å². The van der Waals surface area contributed by atoms with Gasteiger partial charge >= 0.3 is 0 Å². The number of fused-ring (bicyclic) bond motifs is 1. The van der Waals surface area contributed by atoms with E-state index in [9.17, 15) is 4.79 Å². The Balaban J connectivity index is 1.93. The Labute approximate surface area is 112 Å². The quantitative estimate of drug-likeness (QED) is 0.843. The maximum absolute atomic E-state index is 11.6. The molecule has 2 heterocycles. The maximum Gasteiger partial charge on any atom is 0.230 e. The van der Waals surface area contributed by atoms with Crippen molar-refractivity contribution < 1.29 is 4.79 Å². The smallest absolute Gasteiger partial charge is 0.230 e. The molecule has 0 spiro atoms. The molecule has 0 aliphatic carbocycles. The van der Waals surface area contributed by atoms with Gasteiger partial charge in [0.2, 0.25) is 5.91 Å². The van der Waals surface area contributed by atoms with Gasteiger partial charge in [-0.15, -0.1) is 10.2 Å². The van der Waals surface area contributed by atoms with Gasteiger partial charge in [-0.25, -0.2) is 0 Å². The summed E-state index contributed by atoms with van der Waals surface area (Å²) in [6.45, 7) is 4.91. The van der Waals surface area contributed by atoms with Crippen LogP contribution in [0.2, 0.25) is 0 Å². The van der Waals surface area contributed by atoms with E-state index in [-0.39, 0.29) is 11.9 Å². The zero-order valence-electron chi connectivity index (χ0n) is 11.0. The topological polar surface area (TPSA) is 59.8 Å². The molecule has 100 valence electrons. The Morgan fingerprint density at radius 3 is 3.00 bits per heavy atom. The van der Waals surface area contributed by atoms with Crippen LogP contribution in [0, 0.1) is 0 Å². The number of thioether (sulfide) groups is 1. The fourth-order valence-corrected chi connectivity index (χ4v) is 2.85. The summed E-state index contributed by atoms with van der Waals surface area (Å²) in [5.41, 5.74) is 0. The molecule has 18 heavy (non-hydrogen) atoms. The third kappa shape index (κ3) is 3.48. The van der Waals surface area contributed by atoms with Crippen molar-refractivity contribution in [3.63, 3.8) is 0 Å². The molecule has 1 aliphatic rings. The lowest BCUT2D eigenvalue weighted by Crippen LogP contribution is -2.31. The first kappa shape index (κ1) is 13.4. The summed E-state index contributed by atoms with van der Waals surface area (Å²) in [7, 11) is 0. The largest absolute Gasteiger partial charge is 0.353 e. The predicted molar refractivity (Wildman–Crippen MR) is 71.6 cm³/mol. The van der Waals surface area contributed by atoms with Crippen molar-refractivity contribution >= 4 is 17.7 Å². The minimum atomic E-state index is 0.0565. The standard InChI is InChI=1S/C12H20N4OS/c1-9(2)13-11(17)8-18-12-15-14-10-6-4-3-5-7-16(10)12/h9H,3-8H2,1-2H3,(H,13,17). The highest BCUT2D eigenvalue weighted by Crippen LogP contribution is 2.21. The van der Waals surface area contributed by atoms with Crippen LogP contribution in [0.15, 0.2) is 5.16 Å². The SMILES string of the molecule is CC(C)NC(=O)CSc1nnc2n1CCCCC2. The van der Waals surface area contributed by atoms with Crippen molar-refractivity contribution in [3.05, 3.63) is 5.82 Å². The van der Waals surface area contributed by atoms with Crippen LogP contribution in [0.25, 0.3) is 0 Å². The number of hydrogen-bond acceptors (Lipinski definition) is 4. The van der Waals surface area contributed by atoms with E-state index in [0.717, 1.165) is 23.9 Å². The molecule has 1 amide bonds. The molecule has 0 saturated carbocycles. The molecule has 0 unspecified atom stereocenters. The first-order valence-electron chi connectivity index (χ1n) is 6.51. The van der Waals surface area contributed by atoms with Gasteiger partial charge in [-0.1, -0.05) is 18.2 Å².